The number of urea groups is 1. The average Bonchev–Trinajstić information content (AvgIpc) is 3.18. The maximum Gasteiger partial charge on any atom is 0.324 e. The molecule has 2 N–H and O–H groups in total. The molecule has 4 unspecified atom stereocenters. The third kappa shape index (κ3) is 4.58. The van der Waals surface area contributed by atoms with Gasteiger partial charge in [-0.3, -0.25) is 14.5 Å². The van der Waals surface area contributed by atoms with Gasteiger partial charge in [0.1, 0.15) is 5.88 Å². The van der Waals surface area contributed by atoms with Gasteiger partial charge in [0.25, 0.3) is 0 Å². The lowest BCUT2D eigenvalue weighted by Crippen LogP contribution is -2.43. The highest BCUT2D eigenvalue weighted by Gasteiger charge is 2.52. The van der Waals surface area contributed by atoms with Crippen LogP contribution >= 0.6 is 23.4 Å². The molecule has 27 heavy (non-hydrogen) atoms. The van der Waals surface area contributed by atoms with E-state index in [1.54, 1.807) is 11.8 Å². The van der Waals surface area contributed by atoms with Gasteiger partial charge in [0.15, 0.2) is 0 Å². The van der Waals surface area contributed by atoms with Crippen molar-refractivity contribution in [2.45, 2.75) is 43.0 Å². The summed E-state index contributed by atoms with van der Waals surface area (Å²) in [5.41, 5.74) is 1.19. The Kier molecular flexibility index (Phi) is 6.65. The Bertz CT molecular complexity index is 702. The zero-order chi connectivity index (χ0) is 19.4. The van der Waals surface area contributed by atoms with Gasteiger partial charge in [-0.2, -0.15) is 11.8 Å². The van der Waals surface area contributed by atoms with E-state index in [9.17, 15) is 14.4 Å². The van der Waals surface area contributed by atoms with Gasteiger partial charge in [-0.25, -0.2) is 4.79 Å². The molecule has 0 bridgehead atoms. The fourth-order valence-corrected chi connectivity index (χ4v) is 5.88. The number of imide groups is 1. The summed E-state index contributed by atoms with van der Waals surface area (Å²) >= 11 is 7.41. The van der Waals surface area contributed by atoms with Crippen molar-refractivity contribution in [2.75, 3.05) is 11.6 Å². The quantitative estimate of drug-likeness (QED) is 0.508. The van der Waals surface area contributed by atoms with Gasteiger partial charge in [-0.15, -0.1) is 11.6 Å². The maximum atomic E-state index is 12.3. The molecule has 0 radical (unpaired) electrons. The first-order chi connectivity index (χ1) is 13.0. The molecule has 2 fully saturated rings. The Morgan fingerprint density at radius 1 is 1.33 bits per heavy atom. The average molecular weight is 411 g/mol. The minimum Gasteiger partial charge on any atom is -0.481 e. The fourth-order valence-electron chi connectivity index (χ4n) is 4.02. The predicted octanol–water partition coefficient (Wildman–Crippen LogP) is 2.74. The minimum absolute atomic E-state index is 0.117. The maximum absolute atomic E-state index is 12.3. The number of fused-ring (bicyclic) bond motifs is 1. The largest absolute Gasteiger partial charge is 0.481 e. The molecule has 4 atom stereocenters. The van der Waals surface area contributed by atoms with Crippen molar-refractivity contribution in [3.05, 3.63) is 35.9 Å². The number of carboxylic acids is 1. The van der Waals surface area contributed by atoms with Gasteiger partial charge >= 0.3 is 12.0 Å². The molecule has 6 nitrogen and oxygen atoms in total. The number of hydrogen-bond acceptors (Lipinski definition) is 4. The molecule has 3 amide bonds. The number of aliphatic carboxylic acids is 1. The van der Waals surface area contributed by atoms with Crippen LogP contribution in [-0.4, -0.2) is 56.9 Å². The highest BCUT2D eigenvalue weighted by molar-refractivity contribution is 8.00. The number of hydrogen-bond donors (Lipinski definition) is 2. The fraction of sp³-hybridized carbons (Fsp3) is 0.526. The van der Waals surface area contributed by atoms with E-state index in [0.29, 0.717) is 12.2 Å². The zero-order valence-corrected chi connectivity index (χ0v) is 16.4. The van der Waals surface area contributed by atoms with Gasteiger partial charge in [0.05, 0.1) is 12.1 Å². The summed E-state index contributed by atoms with van der Waals surface area (Å²) in [6.45, 7) is 0. The molecule has 0 saturated carbocycles. The summed E-state index contributed by atoms with van der Waals surface area (Å²) in [5, 5.41) is 12.1. The number of benzene rings is 1. The summed E-state index contributed by atoms with van der Waals surface area (Å²) in [7, 11) is 0. The first-order valence-electron chi connectivity index (χ1n) is 9.07. The van der Waals surface area contributed by atoms with Gasteiger partial charge in [0, 0.05) is 17.4 Å². The normalized spacial score (nSPS) is 25.1. The van der Waals surface area contributed by atoms with Gasteiger partial charge in [-0.05, 0) is 30.7 Å². The summed E-state index contributed by atoms with van der Waals surface area (Å²) < 4.78 is 0. The second kappa shape index (κ2) is 8.97. The summed E-state index contributed by atoms with van der Waals surface area (Å²) in [5.74, 6) is -0.469. The van der Waals surface area contributed by atoms with Crippen molar-refractivity contribution in [1.82, 2.24) is 10.2 Å². The predicted molar refractivity (Wildman–Crippen MR) is 105 cm³/mol. The smallest absolute Gasteiger partial charge is 0.324 e. The van der Waals surface area contributed by atoms with Gasteiger partial charge in [-0.1, -0.05) is 30.3 Å². The lowest BCUT2D eigenvalue weighted by Gasteiger charge is -2.27. The van der Waals surface area contributed by atoms with Crippen molar-refractivity contribution in [2.24, 2.45) is 5.92 Å². The Labute approximate surface area is 167 Å². The Morgan fingerprint density at radius 3 is 2.74 bits per heavy atom. The first kappa shape index (κ1) is 20.0. The Balaban J connectivity index is 1.75. The van der Waals surface area contributed by atoms with Crippen LogP contribution in [0.2, 0.25) is 0 Å². The molecule has 2 saturated heterocycles. The van der Waals surface area contributed by atoms with Crippen LogP contribution in [0.5, 0.6) is 0 Å². The second-order valence-electron chi connectivity index (χ2n) is 6.97. The number of rotatable bonds is 8. The van der Waals surface area contributed by atoms with E-state index in [4.69, 9.17) is 16.7 Å². The van der Waals surface area contributed by atoms with Crippen LogP contribution in [0.1, 0.15) is 24.8 Å². The van der Waals surface area contributed by atoms with E-state index in [1.807, 2.05) is 18.2 Å². The Morgan fingerprint density at radius 2 is 2.07 bits per heavy atom. The number of nitrogens with zero attached hydrogens (tertiary/aromatic N) is 1. The van der Waals surface area contributed by atoms with Crippen LogP contribution in [0.3, 0.4) is 0 Å². The van der Waals surface area contributed by atoms with Gasteiger partial charge < -0.3 is 10.4 Å². The number of thioether (sulfide) groups is 1. The lowest BCUT2D eigenvalue weighted by molar-refractivity contribution is -0.137. The third-order valence-corrected chi connectivity index (χ3v) is 7.05. The summed E-state index contributed by atoms with van der Waals surface area (Å²) in [4.78, 5) is 36.5. The molecular weight excluding hydrogens is 388 g/mol. The topological polar surface area (TPSA) is 86.7 Å². The third-order valence-electron chi connectivity index (χ3n) is 5.22. The van der Waals surface area contributed by atoms with Gasteiger partial charge in [0.2, 0.25) is 5.91 Å². The standard InChI is InChI=1S/C19H23ClN2O4S/c20-10-15(23)22-14-11-27-18(17(14)21-19(22)26)13(7-4-8-16(24)25)9-12-5-2-1-3-6-12/h1-3,5-6,13-14,17-18H,4,7-11H2,(H,21,26)(H,24,25). The summed E-state index contributed by atoms with van der Waals surface area (Å²) in [6.07, 6.45) is 2.32. The molecule has 2 heterocycles. The molecule has 8 heteroatoms. The van der Waals surface area contributed by atoms with Crippen LogP contribution in [0, 0.1) is 5.92 Å². The molecular formula is C19H23ClN2O4S. The number of carboxylic acid groups (broad SMARTS) is 1. The van der Waals surface area contributed by atoms with Crippen molar-refractivity contribution in [3.8, 4) is 0 Å². The number of carbonyl (C=O) groups is 3. The molecule has 2 aliphatic heterocycles. The van der Waals surface area contributed by atoms with Crippen molar-refractivity contribution in [3.63, 3.8) is 0 Å². The molecule has 1 aromatic rings. The monoisotopic (exact) mass is 410 g/mol. The molecule has 146 valence electrons. The molecule has 1 aromatic carbocycles. The second-order valence-corrected chi connectivity index (χ2v) is 8.45. The molecule has 3 rings (SSSR count). The van der Waals surface area contributed by atoms with E-state index in [0.717, 1.165) is 12.8 Å². The minimum atomic E-state index is -0.793. The van der Waals surface area contributed by atoms with Crippen LogP contribution in [0.25, 0.3) is 0 Å². The van der Waals surface area contributed by atoms with E-state index in [1.165, 1.54) is 10.5 Å². The van der Waals surface area contributed by atoms with Crippen LogP contribution in [-0.2, 0) is 16.0 Å². The van der Waals surface area contributed by atoms with E-state index < -0.39 is 5.97 Å². The summed E-state index contributed by atoms with van der Waals surface area (Å²) in [6, 6.07) is 9.42. The molecule has 0 spiro atoms. The first-order valence-corrected chi connectivity index (χ1v) is 10.7. The van der Waals surface area contributed by atoms with Crippen LogP contribution in [0.15, 0.2) is 30.3 Å². The zero-order valence-electron chi connectivity index (χ0n) is 14.8. The number of amides is 3. The number of nitrogens with one attached hydrogen (secondary N) is 1. The number of carbonyl (C=O) groups excluding carboxylic acids is 2. The highest BCUT2D eigenvalue weighted by Crippen LogP contribution is 2.41. The number of halogens is 1. The van der Waals surface area contributed by atoms with Crippen molar-refractivity contribution < 1.29 is 19.5 Å². The Hall–Kier alpha value is -1.73. The molecule has 0 aliphatic carbocycles. The number of alkyl halides is 1. The van der Waals surface area contributed by atoms with Crippen molar-refractivity contribution >= 4 is 41.3 Å². The highest BCUT2D eigenvalue weighted by atomic mass is 35.5. The lowest BCUT2D eigenvalue weighted by atomic mass is 9.86. The van der Waals surface area contributed by atoms with E-state index >= 15 is 0 Å². The molecule has 0 aromatic heterocycles. The molecule has 2 aliphatic rings. The van der Waals surface area contributed by atoms with E-state index in [2.05, 4.69) is 17.4 Å². The SMILES string of the molecule is O=C(O)CCCC(Cc1ccccc1)C1SCC2C1NC(=O)N2C(=O)CCl. The van der Waals surface area contributed by atoms with Crippen LogP contribution < -0.4 is 5.32 Å². The van der Waals surface area contributed by atoms with E-state index in [-0.39, 0.29) is 47.5 Å². The van der Waals surface area contributed by atoms with Crippen molar-refractivity contribution in [1.29, 1.82) is 0 Å². The van der Waals surface area contributed by atoms with Crippen LogP contribution in [0.4, 0.5) is 4.79 Å².